The molecule has 16 nitrogen and oxygen atoms in total. The lowest BCUT2D eigenvalue weighted by Gasteiger charge is -2.51. The number of fused-ring (bicyclic) bond motifs is 4. The van der Waals surface area contributed by atoms with E-state index >= 15 is 0 Å². The minimum Gasteiger partial charge on any atom is -0.380 e. The van der Waals surface area contributed by atoms with Crippen molar-refractivity contribution in [3.8, 4) is 0 Å². The maximum atomic E-state index is 11.0. The number of benzene rings is 1. The van der Waals surface area contributed by atoms with Crippen molar-refractivity contribution in [3.05, 3.63) is 41.5 Å². The van der Waals surface area contributed by atoms with Crippen LogP contribution in [0.5, 0.6) is 0 Å². The predicted molar refractivity (Wildman–Crippen MR) is 341 cm³/mol. The van der Waals surface area contributed by atoms with Gasteiger partial charge in [-0.15, -0.1) is 0 Å². The lowest BCUT2D eigenvalue weighted by molar-refractivity contribution is -0.116. The van der Waals surface area contributed by atoms with Crippen LogP contribution in [-0.4, -0.2) is 312 Å². The number of anilines is 1. The van der Waals surface area contributed by atoms with E-state index in [0.29, 0.717) is 41.9 Å². The van der Waals surface area contributed by atoms with E-state index in [1.165, 1.54) is 143 Å². The van der Waals surface area contributed by atoms with Gasteiger partial charge in [0.2, 0.25) is 5.91 Å². The van der Waals surface area contributed by atoms with Gasteiger partial charge >= 0.3 is 0 Å². The molecule has 474 valence electrons. The number of carbonyl (C=O) groups excluding carboxylic acids is 1. The molecule has 0 aromatic heterocycles. The van der Waals surface area contributed by atoms with Gasteiger partial charge < -0.3 is 53.2 Å². The molecule has 11 saturated heterocycles. The summed E-state index contributed by atoms with van der Waals surface area (Å²) >= 11 is 0. The van der Waals surface area contributed by atoms with E-state index in [0.717, 1.165) is 106 Å². The number of hydrogen-bond acceptors (Lipinski definition) is 15. The normalized spacial score (nSPS) is 34.0. The Bertz CT molecular complexity index is 2130. The number of piperidine rings is 4. The molecule has 1 aromatic rings. The van der Waals surface area contributed by atoms with Gasteiger partial charge in [-0.25, -0.2) is 0 Å². The second-order valence-corrected chi connectivity index (χ2v) is 28.8. The molecule has 9 atom stereocenters. The predicted octanol–water partition coefficient (Wildman–Crippen LogP) is 6.24. The topological polar surface area (TPSA) is 89.6 Å². The zero-order valence-electron chi connectivity index (χ0n) is 55.2. The zero-order chi connectivity index (χ0) is 59.4. The molecule has 12 fully saturated rings. The number of ether oxygens (including phenoxy) is 4. The molecule has 2 aliphatic carbocycles. The molecule has 1 aromatic carbocycles. The Morgan fingerprint density at radius 3 is 1.64 bits per heavy atom. The van der Waals surface area contributed by atoms with Crippen LogP contribution in [0.1, 0.15) is 97.0 Å². The largest absolute Gasteiger partial charge is 0.380 e. The van der Waals surface area contributed by atoms with Crippen molar-refractivity contribution >= 4 is 11.6 Å². The third-order valence-corrected chi connectivity index (χ3v) is 21.9. The molecule has 83 heavy (non-hydrogen) atoms. The Morgan fingerprint density at radius 2 is 1.07 bits per heavy atom. The fourth-order valence-electron chi connectivity index (χ4n) is 16.3. The summed E-state index contributed by atoms with van der Waals surface area (Å²) in [4.78, 5) is 37.2. The van der Waals surface area contributed by atoms with Crippen LogP contribution in [0.25, 0.3) is 0 Å². The minimum atomic E-state index is 0.0595. The van der Waals surface area contributed by atoms with Crippen molar-refractivity contribution in [2.75, 3.05) is 213 Å². The van der Waals surface area contributed by atoms with Gasteiger partial charge in [-0.1, -0.05) is 36.8 Å². The zero-order valence-corrected chi connectivity index (χ0v) is 55.2. The van der Waals surface area contributed by atoms with Gasteiger partial charge in [0.05, 0.1) is 44.7 Å². The van der Waals surface area contributed by atoms with E-state index in [1.807, 2.05) is 31.2 Å². The van der Waals surface area contributed by atoms with Gasteiger partial charge in [-0.3, -0.25) is 24.4 Å². The third-order valence-electron chi connectivity index (χ3n) is 21.9. The summed E-state index contributed by atoms with van der Waals surface area (Å²) in [5, 5.41) is 0. The number of para-hydroxylation sites is 1. The fourth-order valence-corrected chi connectivity index (χ4v) is 16.3. The minimum absolute atomic E-state index is 0.0595. The summed E-state index contributed by atoms with van der Waals surface area (Å²) in [5.74, 6) is 2.03. The van der Waals surface area contributed by atoms with E-state index in [4.69, 9.17) is 18.9 Å². The monoisotopic (exact) mass is 1160 g/mol. The first kappa shape index (κ1) is 66.8. The molecule has 0 radical (unpaired) electrons. The van der Waals surface area contributed by atoms with Crippen LogP contribution in [0, 0.1) is 29.6 Å². The molecule has 11 heterocycles. The van der Waals surface area contributed by atoms with Crippen molar-refractivity contribution in [3.63, 3.8) is 0 Å². The second-order valence-electron chi connectivity index (χ2n) is 28.8. The van der Waals surface area contributed by atoms with Crippen LogP contribution < -0.4 is 4.90 Å². The lowest BCUT2D eigenvalue weighted by Crippen LogP contribution is -2.57. The molecular formula is C67H121N11O5. The Labute approximate surface area is 506 Å². The Kier molecular flexibility index (Phi) is 25.2. The van der Waals surface area contributed by atoms with Gasteiger partial charge in [0, 0.05) is 122 Å². The fraction of sp³-hybridized carbons (Fsp3) is 0.866. The summed E-state index contributed by atoms with van der Waals surface area (Å²) in [7, 11) is 21.7. The van der Waals surface area contributed by atoms with E-state index in [2.05, 4.69) is 132 Å². The summed E-state index contributed by atoms with van der Waals surface area (Å²) in [6, 6.07) is 11.4. The molecule has 11 aliphatic heterocycles. The van der Waals surface area contributed by atoms with Crippen molar-refractivity contribution < 1.29 is 23.7 Å². The molecule has 14 rings (SSSR count). The smallest absolute Gasteiger partial charge is 0.223 e. The summed E-state index contributed by atoms with van der Waals surface area (Å²) in [5.41, 5.74) is 5.16. The maximum absolute atomic E-state index is 11.0. The number of carbonyl (C=O) groups is 1. The average molecular weight is 1160 g/mol. The highest BCUT2D eigenvalue weighted by atomic mass is 16.5. The van der Waals surface area contributed by atoms with Crippen LogP contribution in [0.2, 0.25) is 0 Å². The highest BCUT2D eigenvalue weighted by molar-refractivity contribution is 5.91. The maximum Gasteiger partial charge on any atom is 0.223 e. The van der Waals surface area contributed by atoms with Crippen LogP contribution >= 0.6 is 0 Å². The van der Waals surface area contributed by atoms with Crippen molar-refractivity contribution in [1.82, 2.24) is 49.0 Å². The summed E-state index contributed by atoms with van der Waals surface area (Å²) in [6.07, 6.45) is 19.2. The number of morpholine rings is 3. The van der Waals surface area contributed by atoms with Crippen molar-refractivity contribution in [1.29, 1.82) is 0 Å². The second kappa shape index (κ2) is 31.4. The molecule has 16 heteroatoms. The first-order valence-corrected chi connectivity index (χ1v) is 33.1. The van der Waals surface area contributed by atoms with E-state index < -0.39 is 0 Å². The van der Waals surface area contributed by atoms with Gasteiger partial charge in [0.25, 0.3) is 0 Å². The van der Waals surface area contributed by atoms with Crippen LogP contribution in [0.4, 0.5) is 5.69 Å². The Balaban J connectivity index is 0.000000127. The third kappa shape index (κ3) is 18.7. The molecule has 2 spiro atoms. The van der Waals surface area contributed by atoms with Crippen molar-refractivity contribution in [2.45, 2.75) is 147 Å². The summed E-state index contributed by atoms with van der Waals surface area (Å²) < 4.78 is 22.6. The summed E-state index contributed by atoms with van der Waals surface area (Å²) in [6.45, 7) is 32.3. The van der Waals surface area contributed by atoms with Crippen LogP contribution in [0.3, 0.4) is 0 Å². The molecule has 1 amide bonds. The Hall–Kier alpha value is -2.13. The number of nitrogens with zero attached hydrogens (tertiary/aromatic N) is 11. The van der Waals surface area contributed by atoms with E-state index in [-0.39, 0.29) is 5.91 Å². The first-order valence-electron chi connectivity index (χ1n) is 33.1. The Morgan fingerprint density at radius 1 is 0.542 bits per heavy atom. The molecule has 0 N–H and O–H groups in total. The number of amides is 1. The first-order chi connectivity index (χ1) is 39.7. The number of hydrogen-bond donors (Lipinski definition) is 0. The molecule has 0 bridgehead atoms. The molecule has 13 aliphatic rings. The van der Waals surface area contributed by atoms with Gasteiger partial charge in [-0.2, -0.15) is 0 Å². The van der Waals surface area contributed by atoms with E-state index in [1.54, 1.807) is 24.4 Å². The quantitative estimate of drug-likeness (QED) is 0.313. The highest BCUT2D eigenvalue weighted by Crippen LogP contribution is 2.52. The van der Waals surface area contributed by atoms with Crippen molar-refractivity contribution in [2.24, 2.45) is 22.7 Å². The number of rotatable bonds is 2. The van der Waals surface area contributed by atoms with Gasteiger partial charge in [0.15, 0.2) is 0 Å². The van der Waals surface area contributed by atoms with Crippen LogP contribution in [-0.2, 0) is 23.7 Å². The number of aryl methyl sites for hydroxylation is 1. The van der Waals surface area contributed by atoms with Gasteiger partial charge in [0.1, 0.15) is 0 Å². The highest BCUT2D eigenvalue weighted by Gasteiger charge is 2.44. The number of likely N-dealkylation sites (tertiary alicyclic amines) is 7. The molecular weight excluding hydrogens is 1040 g/mol. The number of likely N-dealkylation sites (N-methyl/N-ethyl adjacent to an activating group) is 7. The molecule has 1 saturated carbocycles. The number of allylic oxidation sites excluding steroid dienone is 2. The van der Waals surface area contributed by atoms with E-state index in [9.17, 15) is 4.79 Å². The van der Waals surface area contributed by atoms with Crippen LogP contribution in [0.15, 0.2) is 35.9 Å². The van der Waals surface area contributed by atoms with Gasteiger partial charge in [-0.05, 0) is 221 Å². The standard InChI is InChI=1S/C11H20N2O.C10H13NO.C10H19N.C10H17N.2C9H18N2O.C8H16N2O/c1-12-4-2-9-6-13(7-11(9)12)10-3-5-14-8-10;1-8-6-4-5-7-10(8)11(3)9(2)12;2*1-9-7-10(8-9)3-5-11(2)6-4-10;1-10-4-3-9-8(7-10)11(2)5-6-12-9;1-10-4-3-8-9(7-10)12-6-5-11(8)2;1-9-5-7-8(6-9)11-4-3-10(7)2/h9-11H,2-8H2,1H3;4-7H,1-3H3;9H,3-8H2,1-2H3;7H,3-6,8H2,1-2H3;2*8-9H,3-7H2,1-2H3;7-8H,3-6H2,1-2H3. The molecule has 9 unspecified atom stereocenters. The lowest BCUT2D eigenvalue weighted by atomic mass is 9.58. The average Bonchev–Trinajstić information content (AvgIpc) is 4.20. The SMILES string of the molecule is CC(=O)N(C)c1ccccc1C.CC1=CC2(CCN(C)CC2)C1.CC1CC2(CCN(C)CC2)C1.CN1CC2OCCN(C)C2C1.CN1CCC2C(C1)OCCN2C.CN1CCC2CN(C3CCOC3)CC21.CN1CCC2OCCN(C)C2C1.